The minimum atomic E-state index is 0.0355. The summed E-state index contributed by atoms with van der Waals surface area (Å²) >= 11 is 0. The van der Waals surface area contributed by atoms with Crippen molar-refractivity contribution in [1.82, 2.24) is 9.97 Å². The Bertz CT molecular complexity index is 416. The number of aromatic nitrogens is 2. The summed E-state index contributed by atoms with van der Waals surface area (Å²) in [5.74, 6) is 2.35. The average molecular weight is 277 g/mol. The lowest BCUT2D eigenvalue weighted by molar-refractivity contribution is 0.0288. The molecule has 20 heavy (non-hydrogen) atoms. The molecule has 1 N–H and O–H groups in total. The second kappa shape index (κ2) is 7.02. The minimum Gasteiger partial charge on any atom is -0.373 e. The molecule has 2 rings (SSSR count). The van der Waals surface area contributed by atoms with Crippen molar-refractivity contribution in [2.75, 3.05) is 19.5 Å². The molecule has 0 spiro atoms. The molecule has 1 atom stereocenters. The molecule has 4 nitrogen and oxygen atoms in total. The maximum absolute atomic E-state index is 5.76. The lowest BCUT2D eigenvalue weighted by Crippen LogP contribution is -2.21. The smallest absolute Gasteiger partial charge is 0.160 e. The molecule has 0 amide bonds. The predicted octanol–water partition coefficient (Wildman–Crippen LogP) is 3.66. The van der Waals surface area contributed by atoms with Gasteiger partial charge in [0.25, 0.3) is 0 Å². The van der Waals surface area contributed by atoms with Gasteiger partial charge in [0.05, 0.1) is 0 Å². The zero-order valence-corrected chi connectivity index (χ0v) is 13.2. The second-order valence-corrected chi connectivity index (χ2v) is 5.66. The predicted molar refractivity (Wildman–Crippen MR) is 82.0 cm³/mol. The molecule has 0 aliphatic heterocycles. The van der Waals surface area contributed by atoms with E-state index >= 15 is 0 Å². The Balaban J connectivity index is 2.33. The highest BCUT2D eigenvalue weighted by atomic mass is 16.5. The van der Waals surface area contributed by atoms with Gasteiger partial charge in [0, 0.05) is 25.4 Å². The van der Waals surface area contributed by atoms with E-state index in [-0.39, 0.29) is 6.10 Å². The van der Waals surface area contributed by atoms with E-state index in [4.69, 9.17) is 14.7 Å². The van der Waals surface area contributed by atoms with E-state index in [1.165, 1.54) is 32.1 Å². The van der Waals surface area contributed by atoms with Gasteiger partial charge < -0.3 is 10.1 Å². The first-order valence-corrected chi connectivity index (χ1v) is 7.79. The third-order valence-electron chi connectivity index (χ3n) is 4.42. The molecule has 1 aromatic rings. The highest BCUT2D eigenvalue weighted by molar-refractivity contribution is 5.45. The number of rotatable bonds is 5. The fraction of sp³-hybridized carbons (Fsp3) is 0.750. The van der Waals surface area contributed by atoms with Gasteiger partial charge in [-0.2, -0.15) is 0 Å². The molecule has 1 saturated carbocycles. The number of methoxy groups -OCH3 is 1. The van der Waals surface area contributed by atoms with Crippen molar-refractivity contribution < 1.29 is 4.74 Å². The number of anilines is 1. The quantitative estimate of drug-likeness (QED) is 0.892. The number of hydrogen-bond donors (Lipinski definition) is 1. The number of hydrogen-bond acceptors (Lipinski definition) is 4. The van der Waals surface area contributed by atoms with Gasteiger partial charge in [-0.3, -0.25) is 0 Å². The summed E-state index contributed by atoms with van der Waals surface area (Å²) in [5.41, 5.74) is 2.27. The SMILES string of the molecule is CCc1nc(C(OC)C2CCCCC2)nc(NC)c1C. The molecule has 1 heterocycles. The molecule has 1 aliphatic carbocycles. The first kappa shape index (κ1) is 15.2. The topological polar surface area (TPSA) is 47.0 Å². The van der Waals surface area contributed by atoms with Gasteiger partial charge in [-0.1, -0.05) is 26.2 Å². The van der Waals surface area contributed by atoms with Crippen LogP contribution in [0.3, 0.4) is 0 Å². The fourth-order valence-corrected chi connectivity index (χ4v) is 3.24. The van der Waals surface area contributed by atoms with Gasteiger partial charge in [0.15, 0.2) is 5.82 Å². The Morgan fingerprint density at radius 1 is 1.25 bits per heavy atom. The van der Waals surface area contributed by atoms with Crippen LogP contribution in [-0.4, -0.2) is 24.1 Å². The molecular weight excluding hydrogens is 250 g/mol. The third kappa shape index (κ3) is 3.11. The molecule has 1 fully saturated rings. The van der Waals surface area contributed by atoms with Crippen LogP contribution in [0.25, 0.3) is 0 Å². The molecule has 112 valence electrons. The van der Waals surface area contributed by atoms with E-state index in [9.17, 15) is 0 Å². The van der Waals surface area contributed by atoms with Crippen molar-refractivity contribution in [3.63, 3.8) is 0 Å². The van der Waals surface area contributed by atoms with Crippen LogP contribution >= 0.6 is 0 Å². The van der Waals surface area contributed by atoms with Crippen LogP contribution in [0.2, 0.25) is 0 Å². The molecule has 1 aromatic heterocycles. The summed E-state index contributed by atoms with van der Waals surface area (Å²) < 4.78 is 5.76. The van der Waals surface area contributed by atoms with Gasteiger partial charge in [0.1, 0.15) is 11.9 Å². The Hall–Kier alpha value is -1.16. The third-order valence-corrected chi connectivity index (χ3v) is 4.42. The van der Waals surface area contributed by atoms with E-state index in [2.05, 4.69) is 19.2 Å². The highest BCUT2D eigenvalue weighted by Crippen LogP contribution is 2.36. The van der Waals surface area contributed by atoms with E-state index in [0.29, 0.717) is 5.92 Å². The van der Waals surface area contributed by atoms with E-state index < -0.39 is 0 Å². The number of ether oxygens (including phenoxy) is 1. The lowest BCUT2D eigenvalue weighted by atomic mass is 9.85. The molecule has 4 heteroatoms. The average Bonchev–Trinajstić information content (AvgIpc) is 2.50. The van der Waals surface area contributed by atoms with Crippen LogP contribution in [0.5, 0.6) is 0 Å². The summed E-state index contributed by atoms with van der Waals surface area (Å²) in [6, 6.07) is 0. The van der Waals surface area contributed by atoms with E-state index in [1.807, 2.05) is 7.05 Å². The van der Waals surface area contributed by atoms with Gasteiger partial charge >= 0.3 is 0 Å². The molecule has 1 unspecified atom stereocenters. The van der Waals surface area contributed by atoms with Crippen LogP contribution in [0.15, 0.2) is 0 Å². The zero-order valence-electron chi connectivity index (χ0n) is 13.2. The monoisotopic (exact) mass is 277 g/mol. The Labute approximate surface area is 122 Å². The van der Waals surface area contributed by atoms with Gasteiger partial charge in [-0.15, -0.1) is 0 Å². The summed E-state index contributed by atoms with van der Waals surface area (Å²) in [7, 11) is 3.70. The van der Waals surface area contributed by atoms with Crippen molar-refractivity contribution >= 4 is 5.82 Å². The van der Waals surface area contributed by atoms with Crippen LogP contribution in [-0.2, 0) is 11.2 Å². The van der Waals surface area contributed by atoms with Crippen LogP contribution in [0.1, 0.15) is 62.2 Å². The maximum Gasteiger partial charge on any atom is 0.160 e. The lowest BCUT2D eigenvalue weighted by Gasteiger charge is -2.28. The minimum absolute atomic E-state index is 0.0355. The molecule has 0 radical (unpaired) electrons. The van der Waals surface area contributed by atoms with Gasteiger partial charge in [-0.25, -0.2) is 9.97 Å². The first-order chi connectivity index (χ1) is 9.71. The summed E-state index contributed by atoms with van der Waals surface area (Å²) in [4.78, 5) is 9.47. The number of aryl methyl sites for hydroxylation is 1. The Kier molecular flexibility index (Phi) is 5.35. The molecule has 1 aliphatic rings. The van der Waals surface area contributed by atoms with Crippen LogP contribution in [0, 0.1) is 12.8 Å². The first-order valence-electron chi connectivity index (χ1n) is 7.79. The van der Waals surface area contributed by atoms with Crippen molar-refractivity contribution in [2.45, 2.75) is 58.5 Å². The van der Waals surface area contributed by atoms with Gasteiger partial charge in [0.2, 0.25) is 0 Å². The summed E-state index contributed by atoms with van der Waals surface area (Å²) in [6.07, 6.45) is 7.37. The fourth-order valence-electron chi connectivity index (χ4n) is 3.24. The van der Waals surface area contributed by atoms with Crippen LogP contribution in [0.4, 0.5) is 5.82 Å². The van der Waals surface area contributed by atoms with Crippen molar-refractivity contribution in [3.05, 3.63) is 17.1 Å². The zero-order chi connectivity index (χ0) is 14.5. The second-order valence-electron chi connectivity index (χ2n) is 5.66. The summed E-state index contributed by atoms with van der Waals surface area (Å²) in [5, 5.41) is 3.19. The number of nitrogens with one attached hydrogen (secondary N) is 1. The van der Waals surface area contributed by atoms with Gasteiger partial charge in [-0.05, 0) is 32.1 Å². The largest absolute Gasteiger partial charge is 0.373 e. The standard InChI is InChI=1S/C16H27N3O/c1-5-13-11(2)15(17-3)19-16(18-13)14(20-4)12-9-7-6-8-10-12/h12,14H,5-10H2,1-4H3,(H,17,18,19). The molecule has 0 saturated heterocycles. The number of nitrogens with zero attached hydrogens (tertiary/aromatic N) is 2. The summed E-state index contributed by atoms with van der Waals surface area (Å²) in [6.45, 7) is 4.22. The maximum atomic E-state index is 5.76. The molecule has 0 aromatic carbocycles. The van der Waals surface area contributed by atoms with Crippen LogP contribution < -0.4 is 5.32 Å². The van der Waals surface area contributed by atoms with E-state index in [0.717, 1.165) is 29.3 Å². The van der Waals surface area contributed by atoms with Crippen molar-refractivity contribution in [2.24, 2.45) is 5.92 Å². The molecule has 0 bridgehead atoms. The van der Waals surface area contributed by atoms with Crippen molar-refractivity contribution in [1.29, 1.82) is 0 Å². The van der Waals surface area contributed by atoms with E-state index in [1.54, 1.807) is 7.11 Å². The molecular formula is C16H27N3O. The Morgan fingerprint density at radius 2 is 1.95 bits per heavy atom. The van der Waals surface area contributed by atoms with Crippen molar-refractivity contribution in [3.8, 4) is 0 Å². The Morgan fingerprint density at radius 3 is 2.50 bits per heavy atom. The highest BCUT2D eigenvalue weighted by Gasteiger charge is 2.28. The normalized spacial score (nSPS) is 18.0.